The molecule has 0 amide bonds. The minimum atomic E-state index is 0.129. The van der Waals surface area contributed by atoms with Crippen molar-refractivity contribution in [3.63, 3.8) is 0 Å². The highest BCUT2D eigenvalue weighted by Gasteiger charge is 2.38. The van der Waals surface area contributed by atoms with E-state index in [4.69, 9.17) is 23.2 Å². The van der Waals surface area contributed by atoms with Gasteiger partial charge in [0.2, 0.25) is 0 Å². The van der Waals surface area contributed by atoms with Crippen LogP contribution in [0.25, 0.3) is 0 Å². The molecule has 0 radical (unpaired) electrons. The van der Waals surface area contributed by atoms with Crippen LogP contribution >= 0.6 is 23.2 Å². The van der Waals surface area contributed by atoms with Crippen LogP contribution in [0.15, 0.2) is 12.1 Å². The van der Waals surface area contributed by atoms with Crippen molar-refractivity contribution in [3.8, 4) is 0 Å². The van der Waals surface area contributed by atoms with Gasteiger partial charge in [0.15, 0.2) is 0 Å². The molecule has 0 bridgehead atoms. The van der Waals surface area contributed by atoms with Crippen LogP contribution in [-0.2, 0) is 5.41 Å². The number of fused-ring (bicyclic) bond motifs is 1. The van der Waals surface area contributed by atoms with Crippen LogP contribution in [0.3, 0.4) is 0 Å². The van der Waals surface area contributed by atoms with Crippen LogP contribution in [0.2, 0.25) is 10.0 Å². The van der Waals surface area contributed by atoms with Crippen LogP contribution < -0.4 is 5.32 Å². The van der Waals surface area contributed by atoms with E-state index in [2.05, 4.69) is 26.1 Å². The molecule has 0 saturated carbocycles. The molecule has 1 aliphatic heterocycles. The molecule has 0 aromatic heterocycles. The Morgan fingerprint density at radius 1 is 1.33 bits per heavy atom. The molecular formula is C12H15Cl2N. The Bertz CT molecular complexity index is 401. The predicted octanol–water partition coefficient (Wildman–Crippen LogP) is 4.33. The van der Waals surface area contributed by atoms with Crippen molar-refractivity contribution in [2.24, 2.45) is 5.92 Å². The van der Waals surface area contributed by atoms with Gasteiger partial charge in [-0.3, -0.25) is 0 Å². The number of nitrogens with one attached hydrogen (secondary N) is 1. The zero-order valence-corrected chi connectivity index (χ0v) is 10.7. The molecule has 1 aromatic rings. The van der Waals surface area contributed by atoms with Crippen molar-refractivity contribution in [3.05, 3.63) is 27.7 Å². The fourth-order valence-corrected chi connectivity index (χ4v) is 2.65. The molecule has 0 fully saturated rings. The van der Waals surface area contributed by atoms with Gasteiger partial charge in [0.05, 0.1) is 10.7 Å². The van der Waals surface area contributed by atoms with Crippen LogP contribution in [0, 0.1) is 5.92 Å². The van der Waals surface area contributed by atoms with Gasteiger partial charge in [0.25, 0.3) is 0 Å². The van der Waals surface area contributed by atoms with Crippen LogP contribution in [-0.4, -0.2) is 6.54 Å². The highest BCUT2D eigenvalue weighted by molar-refractivity contribution is 6.36. The minimum absolute atomic E-state index is 0.129. The zero-order valence-electron chi connectivity index (χ0n) is 9.20. The van der Waals surface area contributed by atoms with E-state index in [1.54, 1.807) is 6.07 Å². The molecule has 0 saturated heterocycles. The van der Waals surface area contributed by atoms with E-state index in [0.717, 1.165) is 17.3 Å². The lowest BCUT2D eigenvalue weighted by atomic mass is 9.75. The maximum atomic E-state index is 6.16. The fraction of sp³-hybridized carbons (Fsp3) is 0.500. The van der Waals surface area contributed by atoms with Crippen molar-refractivity contribution >= 4 is 28.9 Å². The molecule has 2 rings (SSSR count). The average Bonchev–Trinajstić information content (AvgIpc) is 2.46. The SMILES string of the molecule is CC(C)C1(C)CNc2c(Cl)cc(Cl)cc21. The third kappa shape index (κ3) is 1.62. The Morgan fingerprint density at radius 2 is 2.00 bits per heavy atom. The molecule has 0 aliphatic carbocycles. The number of benzene rings is 1. The first kappa shape index (κ1) is 11.1. The number of hydrogen-bond acceptors (Lipinski definition) is 1. The monoisotopic (exact) mass is 243 g/mol. The Balaban J connectivity index is 2.60. The first-order valence-corrected chi connectivity index (χ1v) is 5.94. The second-order valence-electron chi connectivity index (χ2n) is 4.74. The topological polar surface area (TPSA) is 12.0 Å². The molecule has 1 nitrogen and oxygen atoms in total. The van der Waals surface area contributed by atoms with Gasteiger partial charge in [-0.2, -0.15) is 0 Å². The van der Waals surface area contributed by atoms with Gasteiger partial charge in [0.1, 0.15) is 0 Å². The zero-order chi connectivity index (χ0) is 11.2. The minimum Gasteiger partial charge on any atom is -0.383 e. The number of hydrogen-bond donors (Lipinski definition) is 1. The molecule has 1 N–H and O–H groups in total. The van der Waals surface area contributed by atoms with E-state index in [1.165, 1.54) is 5.56 Å². The summed E-state index contributed by atoms with van der Waals surface area (Å²) in [6, 6.07) is 3.82. The van der Waals surface area contributed by atoms with E-state index in [0.29, 0.717) is 10.9 Å². The van der Waals surface area contributed by atoms with Crippen LogP contribution in [0.5, 0.6) is 0 Å². The van der Waals surface area contributed by atoms with Crippen molar-refractivity contribution in [2.45, 2.75) is 26.2 Å². The summed E-state index contributed by atoms with van der Waals surface area (Å²) in [7, 11) is 0. The summed E-state index contributed by atoms with van der Waals surface area (Å²) in [5, 5.41) is 4.82. The first-order valence-electron chi connectivity index (χ1n) is 5.18. The Hall–Kier alpha value is -0.400. The number of halogens is 2. The molecule has 1 unspecified atom stereocenters. The highest BCUT2D eigenvalue weighted by atomic mass is 35.5. The summed E-state index contributed by atoms with van der Waals surface area (Å²) >= 11 is 12.2. The average molecular weight is 244 g/mol. The van der Waals surface area contributed by atoms with E-state index in [-0.39, 0.29) is 5.41 Å². The summed E-state index contributed by atoms with van der Waals surface area (Å²) in [5.41, 5.74) is 2.43. The van der Waals surface area contributed by atoms with Crippen molar-refractivity contribution in [1.82, 2.24) is 0 Å². The van der Waals surface area contributed by atoms with Gasteiger partial charge in [-0.05, 0) is 23.6 Å². The highest BCUT2D eigenvalue weighted by Crippen LogP contribution is 2.45. The van der Waals surface area contributed by atoms with Crippen LogP contribution in [0.1, 0.15) is 26.3 Å². The lowest BCUT2D eigenvalue weighted by molar-refractivity contribution is 0.371. The maximum absolute atomic E-state index is 6.16. The summed E-state index contributed by atoms with van der Waals surface area (Å²) in [4.78, 5) is 0. The Kier molecular flexibility index (Phi) is 2.64. The molecule has 82 valence electrons. The van der Waals surface area contributed by atoms with Crippen molar-refractivity contribution < 1.29 is 0 Å². The molecule has 1 aromatic carbocycles. The Labute approximate surface area is 101 Å². The van der Waals surface area contributed by atoms with E-state index in [1.807, 2.05) is 6.07 Å². The normalized spacial score (nSPS) is 24.1. The van der Waals surface area contributed by atoms with Crippen molar-refractivity contribution in [2.75, 3.05) is 11.9 Å². The molecule has 1 heterocycles. The van der Waals surface area contributed by atoms with Gasteiger partial charge in [-0.25, -0.2) is 0 Å². The largest absolute Gasteiger partial charge is 0.383 e. The molecule has 0 spiro atoms. The standard InChI is InChI=1S/C12H15Cl2N/c1-7(2)12(3)6-15-11-9(12)4-8(13)5-10(11)14/h4-5,7,15H,6H2,1-3H3. The molecule has 15 heavy (non-hydrogen) atoms. The third-order valence-electron chi connectivity index (χ3n) is 3.58. The summed E-state index contributed by atoms with van der Waals surface area (Å²) < 4.78 is 0. The lowest BCUT2D eigenvalue weighted by Gasteiger charge is -2.29. The maximum Gasteiger partial charge on any atom is 0.0655 e. The van der Waals surface area contributed by atoms with E-state index >= 15 is 0 Å². The smallest absolute Gasteiger partial charge is 0.0655 e. The summed E-state index contributed by atoms with van der Waals surface area (Å²) in [6.07, 6.45) is 0. The van der Waals surface area contributed by atoms with Crippen LogP contribution in [0.4, 0.5) is 5.69 Å². The van der Waals surface area contributed by atoms with E-state index < -0.39 is 0 Å². The lowest BCUT2D eigenvalue weighted by Crippen LogP contribution is -2.30. The molecular weight excluding hydrogens is 229 g/mol. The molecule has 1 aliphatic rings. The fourth-order valence-electron chi connectivity index (χ4n) is 2.09. The number of anilines is 1. The second-order valence-corrected chi connectivity index (χ2v) is 5.58. The van der Waals surface area contributed by atoms with Gasteiger partial charge in [0, 0.05) is 17.0 Å². The molecule has 1 atom stereocenters. The summed E-state index contributed by atoms with van der Waals surface area (Å²) in [6.45, 7) is 7.64. The van der Waals surface area contributed by atoms with E-state index in [9.17, 15) is 0 Å². The van der Waals surface area contributed by atoms with Gasteiger partial charge in [-0.15, -0.1) is 0 Å². The quantitative estimate of drug-likeness (QED) is 0.775. The van der Waals surface area contributed by atoms with Gasteiger partial charge >= 0.3 is 0 Å². The Morgan fingerprint density at radius 3 is 2.60 bits per heavy atom. The third-order valence-corrected chi connectivity index (χ3v) is 4.09. The molecule has 3 heteroatoms. The second kappa shape index (κ2) is 3.57. The van der Waals surface area contributed by atoms with Gasteiger partial charge < -0.3 is 5.32 Å². The summed E-state index contributed by atoms with van der Waals surface area (Å²) in [5.74, 6) is 0.556. The van der Waals surface area contributed by atoms with Gasteiger partial charge in [-0.1, -0.05) is 44.0 Å². The first-order chi connectivity index (χ1) is 6.95. The van der Waals surface area contributed by atoms with Crippen molar-refractivity contribution in [1.29, 1.82) is 0 Å². The predicted molar refractivity (Wildman–Crippen MR) is 67.1 cm³/mol. The number of rotatable bonds is 1.